The van der Waals surface area contributed by atoms with Crippen LogP contribution in [0.5, 0.6) is 5.75 Å². The summed E-state index contributed by atoms with van der Waals surface area (Å²) >= 11 is 0. The van der Waals surface area contributed by atoms with Gasteiger partial charge in [-0.15, -0.1) is 0 Å². The zero-order chi connectivity index (χ0) is 14.7. The zero-order valence-corrected chi connectivity index (χ0v) is 12.2. The Hall–Kier alpha value is -1.59. The number of piperazine rings is 1. The van der Waals surface area contributed by atoms with Gasteiger partial charge in [-0.2, -0.15) is 0 Å². The summed E-state index contributed by atoms with van der Waals surface area (Å²) in [6, 6.07) is 7.46. The quantitative estimate of drug-likeness (QED) is 0.861. The topological polar surface area (TPSA) is 53.0 Å². The van der Waals surface area contributed by atoms with E-state index in [4.69, 9.17) is 9.84 Å². The summed E-state index contributed by atoms with van der Waals surface area (Å²) < 4.78 is 5.68. The van der Waals surface area contributed by atoms with E-state index in [1.807, 2.05) is 0 Å². The van der Waals surface area contributed by atoms with E-state index < -0.39 is 5.97 Å². The first-order valence-electron chi connectivity index (χ1n) is 7.65. The van der Waals surface area contributed by atoms with Crippen molar-refractivity contribution in [1.82, 2.24) is 9.80 Å². The van der Waals surface area contributed by atoms with Crippen LogP contribution < -0.4 is 4.74 Å². The van der Waals surface area contributed by atoms with E-state index >= 15 is 0 Å². The fourth-order valence-corrected chi connectivity index (χ4v) is 2.78. The number of hydrogen-bond donors (Lipinski definition) is 1. The fraction of sp³-hybridized carbons (Fsp3) is 0.562. The number of carboxylic acid groups (broad SMARTS) is 1. The summed E-state index contributed by atoms with van der Waals surface area (Å²) in [6.45, 7) is 6.18. The average molecular weight is 290 g/mol. The van der Waals surface area contributed by atoms with Gasteiger partial charge in [-0.25, -0.2) is 4.79 Å². The van der Waals surface area contributed by atoms with Crippen molar-refractivity contribution in [2.24, 2.45) is 0 Å². The molecule has 1 saturated carbocycles. The molecule has 0 amide bonds. The predicted octanol–water partition coefficient (Wildman–Crippen LogP) is 1.54. The molecule has 21 heavy (non-hydrogen) atoms. The molecule has 1 N–H and O–H groups in total. The standard InChI is InChI=1S/C16H22N2O3/c19-16(20)13-1-5-15(6-2-13)21-12-11-17-7-9-18(10-8-17)14-3-4-14/h1-2,5-6,14H,3-4,7-12H2,(H,19,20). The molecule has 0 spiro atoms. The molecule has 0 unspecified atom stereocenters. The molecule has 1 aliphatic heterocycles. The molecule has 114 valence electrons. The maximum absolute atomic E-state index is 10.8. The van der Waals surface area contributed by atoms with Crippen LogP contribution in [0.3, 0.4) is 0 Å². The van der Waals surface area contributed by atoms with Gasteiger partial charge in [0.05, 0.1) is 5.56 Å². The normalized spacial score (nSPS) is 20.4. The third-order valence-electron chi connectivity index (χ3n) is 4.25. The van der Waals surface area contributed by atoms with Crippen molar-refractivity contribution in [2.45, 2.75) is 18.9 Å². The Morgan fingerprint density at radius 2 is 1.81 bits per heavy atom. The SMILES string of the molecule is O=C(O)c1ccc(OCCN2CCN(C3CC3)CC2)cc1. The van der Waals surface area contributed by atoms with Crippen molar-refractivity contribution in [1.29, 1.82) is 0 Å². The summed E-state index contributed by atoms with van der Waals surface area (Å²) in [5.74, 6) is -0.174. The number of ether oxygens (including phenoxy) is 1. The number of carbonyl (C=O) groups is 1. The first kappa shape index (κ1) is 14.4. The molecule has 1 aromatic rings. The van der Waals surface area contributed by atoms with Crippen LogP contribution in [0, 0.1) is 0 Å². The molecule has 1 aromatic carbocycles. The van der Waals surface area contributed by atoms with Crippen molar-refractivity contribution in [3.8, 4) is 5.75 Å². The highest BCUT2D eigenvalue weighted by molar-refractivity contribution is 5.87. The lowest BCUT2D eigenvalue weighted by Gasteiger charge is -2.34. The highest BCUT2D eigenvalue weighted by Crippen LogP contribution is 2.27. The lowest BCUT2D eigenvalue weighted by molar-refractivity contribution is 0.0697. The lowest BCUT2D eigenvalue weighted by atomic mass is 10.2. The van der Waals surface area contributed by atoms with Crippen molar-refractivity contribution in [3.05, 3.63) is 29.8 Å². The minimum atomic E-state index is -0.907. The Morgan fingerprint density at radius 1 is 1.14 bits per heavy atom. The molecule has 0 aromatic heterocycles. The van der Waals surface area contributed by atoms with E-state index in [1.54, 1.807) is 24.3 Å². The second-order valence-electron chi connectivity index (χ2n) is 5.79. The number of hydrogen-bond acceptors (Lipinski definition) is 4. The lowest BCUT2D eigenvalue weighted by Crippen LogP contribution is -2.48. The number of rotatable bonds is 6. The van der Waals surface area contributed by atoms with Gasteiger partial charge in [0.15, 0.2) is 0 Å². The predicted molar refractivity (Wildman–Crippen MR) is 79.9 cm³/mol. The monoisotopic (exact) mass is 290 g/mol. The highest BCUT2D eigenvalue weighted by atomic mass is 16.5. The Balaban J connectivity index is 1.37. The van der Waals surface area contributed by atoms with Crippen molar-refractivity contribution >= 4 is 5.97 Å². The minimum Gasteiger partial charge on any atom is -0.492 e. The van der Waals surface area contributed by atoms with Gasteiger partial charge in [0, 0.05) is 38.8 Å². The number of nitrogens with zero attached hydrogens (tertiary/aromatic N) is 2. The molecule has 2 fully saturated rings. The second-order valence-corrected chi connectivity index (χ2v) is 5.79. The van der Waals surface area contributed by atoms with Crippen molar-refractivity contribution < 1.29 is 14.6 Å². The molecule has 3 rings (SSSR count). The molecule has 0 bridgehead atoms. The van der Waals surface area contributed by atoms with Gasteiger partial charge in [0.1, 0.15) is 12.4 Å². The summed E-state index contributed by atoms with van der Waals surface area (Å²) in [6.07, 6.45) is 2.77. The minimum absolute atomic E-state index is 0.290. The molecular formula is C16H22N2O3. The Kier molecular flexibility index (Phi) is 4.41. The van der Waals surface area contributed by atoms with Crippen LogP contribution in [-0.2, 0) is 0 Å². The summed E-state index contributed by atoms with van der Waals surface area (Å²) in [7, 11) is 0. The van der Waals surface area contributed by atoms with Crippen LogP contribution >= 0.6 is 0 Å². The largest absolute Gasteiger partial charge is 0.492 e. The van der Waals surface area contributed by atoms with E-state index in [-0.39, 0.29) is 0 Å². The van der Waals surface area contributed by atoms with Crippen LogP contribution in [0.15, 0.2) is 24.3 Å². The average Bonchev–Trinajstić information content (AvgIpc) is 3.33. The van der Waals surface area contributed by atoms with Gasteiger partial charge >= 0.3 is 5.97 Å². The Labute approximate surface area is 125 Å². The molecule has 0 atom stereocenters. The van der Waals surface area contributed by atoms with Crippen molar-refractivity contribution in [3.63, 3.8) is 0 Å². The molecule has 1 heterocycles. The number of benzene rings is 1. The first-order valence-corrected chi connectivity index (χ1v) is 7.65. The Morgan fingerprint density at radius 3 is 2.38 bits per heavy atom. The molecule has 1 aliphatic carbocycles. The van der Waals surface area contributed by atoms with Crippen LogP contribution in [0.25, 0.3) is 0 Å². The van der Waals surface area contributed by atoms with E-state index in [2.05, 4.69) is 9.80 Å². The second kappa shape index (κ2) is 6.45. The molecule has 5 heteroatoms. The van der Waals surface area contributed by atoms with Crippen molar-refractivity contribution in [2.75, 3.05) is 39.3 Å². The van der Waals surface area contributed by atoms with E-state index in [0.717, 1.165) is 31.4 Å². The van der Waals surface area contributed by atoms with E-state index in [0.29, 0.717) is 12.2 Å². The molecule has 5 nitrogen and oxygen atoms in total. The third kappa shape index (κ3) is 3.95. The van der Waals surface area contributed by atoms with Gasteiger partial charge in [0.25, 0.3) is 0 Å². The summed E-state index contributed by atoms with van der Waals surface area (Å²) in [5, 5.41) is 8.84. The van der Waals surface area contributed by atoms with Gasteiger partial charge in [0.2, 0.25) is 0 Å². The van der Waals surface area contributed by atoms with Crippen LogP contribution in [0.1, 0.15) is 23.2 Å². The van der Waals surface area contributed by atoms with Gasteiger partial charge in [-0.05, 0) is 37.1 Å². The number of aromatic carboxylic acids is 1. The molecule has 2 aliphatic rings. The Bertz CT molecular complexity index is 477. The van der Waals surface area contributed by atoms with E-state index in [1.165, 1.54) is 25.9 Å². The van der Waals surface area contributed by atoms with E-state index in [9.17, 15) is 4.79 Å². The van der Waals surface area contributed by atoms with Crippen LogP contribution in [-0.4, -0.2) is 66.2 Å². The molecule has 0 radical (unpaired) electrons. The maximum atomic E-state index is 10.8. The third-order valence-corrected chi connectivity index (χ3v) is 4.25. The van der Waals surface area contributed by atoms with Crippen LogP contribution in [0.4, 0.5) is 0 Å². The maximum Gasteiger partial charge on any atom is 0.335 e. The first-order chi connectivity index (χ1) is 10.2. The smallest absolute Gasteiger partial charge is 0.335 e. The van der Waals surface area contributed by atoms with Gasteiger partial charge < -0.3 is 9.84 Å². The summed E-state index contributed by atoms with van der Waals surface area (Å²) in [4.78, 5) is 15.8. The zero-order valence-electron chi connectivity index (χ0n) is 12.2. The number of carboxylic acids is 1. The van der Waals surface area contributed by atoms with Gasteiger partial charge in [-0.3, -0.25) is 9.80 Å². The van der Waals surface area contributed by atoms with Gasteiger partial charge in [-0.1, -0.05) is 0 Å². The summed E-state index contributed by atoms with van der Waals surface area (Å²) in [5.41, 5.74) is 0.290. The molecular weight excluding hydrogens is 268 g/mol. The highest BCUT2D eigenvalue weighted by Gasteiger charge is 2.30. The fourth-order valence-electron chi connectivity index (χ4n) is 2.78. The van der Waals surface area contributed by atoms with Crippen LogP contribution in [0.2, 0.25) is 0 Å². The molecule has 1 saturated heterocycles.